The van der Waals surface area contributed by atoms with Crippen molar-refractivity contribution in [2.45, 2.75) is 51.0 Å². The highest BCUT2D eigenvalue weighted by molar-refractivity contribution is 5.65. The summed E-state index contributed by atoms with van der Waals surface area (Å²) in [6, 6.07) is 15.5. The van der Waals surface area contributed by atoms with Crippen molar-refractivity contribution in [2.75, 3.05) is 6.61 Å². The zero-order chi connectivity index (χ0) is 21.0. The Kier molecular flexibility index (Phi) is 6.87. The van der Waals surface area contributed by atoms with Crippen LogP contribution in [-0.2, 0) is 20.7 Å². The summed E-state index contributed by atoms with van der Waals surface area (Å²) in [5.74, 6) is -0.0470. The molecule has 1 fully saturated rings. The Morgan fingerprint density at radius 2 is 1.69 bits per heavy atom. The second-order valence-electron chi connectivity index (χ2n) is 7.21. The van der Waals surface area contributed by atoms with Crippen LogP contribution in [0.2, 0.25) is 0 Å². The fourth-order valence-electron chi connectivity index (χ4n) is 3.17. The lowest BCUT2D eigenvalue weighted by molar-refractivity contribution is -0.278. The van der Waals surface area contributed by atoms with Gasteiger partial charge in [0, 0.05) is 13.3 Å². The molecule has 0 saturated carbocycles. The van der Waals surface area contributed by atoms with Crippen LogP contribution in [0, 0.1) is 6.92 Å². The molecular weight excluding hydrogens is 376 g/mol. The summed E-state index contributed by atoms with van der Waals surface area (Å²) in [6.45, 7) is 3.00. The van der Waals surface area contributed by atoms with Gasteiger partial charge in [-0.1, -0.05) is 48.0 Å². The SMILES string of the molecule is CC(=O)OC[C@H]1O[C@@H](Oc2ccccc2Cc2ccc(C)cc2)[C@H](O)[C@@H](O)[C@@H]1O. The highest BCUT2D eigenvalue weighted by atomic mass is 16.7. The molecule has 1 heterocycles. The van der Waals surface area contributed by atoms with Gasteiger partial charge in [0.1, 0.15) is 36.8 Å². The van der Waals surface area contributed by atoms with Gasteiger partial charge in [0.2, 0.25) is 6.29 Å². The topological polar surface area (TPSA) is 105 Å². The molecule has 7 nitrogen and oxygen atoms in total. The summed E-state index contributed by atoms with van der Waals surface area (Å²) < 4.78 is 16.3. The minimum Gasteiger partial charge on any atom is -0.463 e. The summed E-state index contributed by atoms with van der Waals surface area (Å²) in [7, 11) is 0. The maximum Gasteiger partial charge on any atom is 0.302 e. The van der Waals surface area contributed by atoms with Crippen molar-refractivity contribution in [3.8, 4) is 5.75 Å². The third-order valence-electron chi connectivity index (χ3n) is 4.85. The van der Waals surface area contributed by atoms with Crippen molar-refractivity contribution in [3.05, 3.63) is 65.2 Å². The van der Waals surface area contributed by atoms with E-state index in [-0.39, 0.29) is 6.61 Å². The monoisotopic (exact) mass is 402 g/mol. The molecule has 7 heteroatoms. The zero-order valence-electron chi connectivity index (χ0n) is 16.4. The number of rotatable bonds is 6. The normalized spacial score (nSPS) is 26.7. The summed E-state index contributed by atoms with van der Waals surface area (Å²) in [6.07, 6.45) is -6.02. The fourth-order valence-corrected chi connectivity index (χ4v) is 3.17. The maximum atomic E-state index is 11.0. The van der Waals surface area contributed by atoms with E-state index in [1.54, 1.807) is 12.1 Å². The van der Waals surface area contributed by atoms with E-state index >= 15 is 0 Å². The second-order valence-corrected chi connectivity index (χ2v) is 7.21. The molecule has 1 aliphatic rings. The van der Waals surface area contributed by atoms with E-state index in [0.717, 1.165) is 11.1 Å². The Bertz CT molecular complexity index is 820. The lowest BCUT2D eigenvalue weighted by atomic mass is 9.99. The van der Waals surface area contributed by atoms with Gasteiger partial charge in [0.25, 0.3) is 0 Å². The first kappa shape index (κ1) is 21.3. The van der Waals surface area contributed by atoms with Crippen molar-refractivity contribution in [1.29, 1.82) is 0 Å². The van der Waals surface area contributed by atoms with E-state index < -0.39 is 36.7 Å². The number of aryl methyl sites for hydroxylation is 1. The van der Waals surface area contributed by atoms with E-state index in [1.807, 2.05) is 43.3 Å². The quantitative estimate of drug-likeness (QED) is 0.626. The Balaban J connectivity index is 1.75. The van der Waals surface area contributed by atoms with Gasteiger partial charge in [0.15, 0.2) is 0 Å². The standard InChI is InChI=1S/C22H26O7/c1-13-7-9-15(10-8-13)11-16-5-3-4-6-17(16)28-22-21(26)20(25)19(24)18(29-22)12-27-14(2)23/h3-10,18-22,24-26H,11-12H2,1-2H3/t18-,19-,20+,21-,22-/m1/s1. The molecule has 5 atom stereocenters. The van der Waals surface area contributed by atoms with Gasteiger partial charge in [-0.25, -0.2) is 0 Å². The first-order valence-electron chi connectivity index (χ1n) is 9.48. The Morgan fingerprint density at radius 1 is 1.00 bits per heavy atom. The van der Waals surface area contributed by atoms with Gasteiger partial charge in [0.05, 0.1) is 0 Å². The highest BCUT2D eigenvalue weighted by Crippen LogP contribution is 2.28. The molecule has 0 bridgehead atoms. The van der Waals surface area contributed by atoms with Crippen LogP contribution in [0.1, 0.15) is 23.6 Å². The van der Waals surface area contributed by atoms with Crippen molar-refractivity contribution < 1.29 is 34.3 Å². The largest absolute Gasteiger partial charge is 0.463 e. The van der Waals surface area contributed by atoms with Crippen LogP contribution in [0.3, 0.4) is 0 Å². The summed E-state index contributed by atoms with van der Waals surface area (Å²) in [5.41, 5.74) is 3.15. The third kappa shape index (κ3) is 5.33. The van der Waals surface area contributed by atoms with Gasteiger partial charge >= 0.3 is 5.97 Å². The summed E-state index contributed by atoms with van der Waals surface area (Å²) >= 11 is 0. The summed E-state index contributed by atoms with van der Waals surface area (Å²) in [4.78, 5) is 11.0. The maximum absolute atomic E-state index is 11.0. The van der Waals surface area contributed by atoms with Gasteiger partial charge in [-0.05, 0) is 24.1 Å². The molecule has 0 aromatic heterocycles. The van der Waals surface area contributed by atoms with Crippen LogP contribution in [-0.4, -0.2) is 58.6 Å². The first-order valence-corrected chi connectivity index (χ1v) is 9.48. The molecule has 1 aliphatic heterocycles. The van der Waals surface area contributed by atoms with Crippen LogP contribution in [0.25, 0.3) is 0 Å². The molecule has 29 heavy (non-hydrogen) atoms. The van der Waals surface area contributed by atoms with Crippen LogP contribution in [0.15, 0.2) is 48.5 Å². The number of carbonyl (C=O) groups excluding carboxylic acids is 1. The first-order chi connectivity index (χ1) is 13.8. The number of benzene rings is 2. The lowest BCUT2D eigenvalue weighted by Gasteiger charge is -2.40. The third-order valence-corrected chi connectivity index (χ3v) is 4.85. The second kappa shape index (κ2) is 9.37. The molecule has 0 spiro atoms. The summed E-state index contributed by atoms with van der Waals surface area (Å²) in [5, 5.41) is 30.6. The molecule has 0 radical (unpaired) electrons. The van der Waals surface area contributed by atoms with Crippen molar-refractivity contribution in [2.24, 2.45) is 0 Å². The number of carbonyl (C=O) groups is 1. The van der Waals surface area contributed by atoms with Gasteiger partial charge < -0.3 is 29.5 Å². The smallest absolute Gasteiger partial charge is 0.302 e. The average molecular weight is 402 g/mol. The molecule has 3 rings (SSSR count). The number of hydrogen-bond acceptors (Lipinski definition) is 7. The number of para-hydroxylation sites is 1. The molecule has 2 aromatic carbocycles. The molecule has 0 aliphatic carbocycles. The number of aliphatic hydroxyl groups is 3. The van der Waals surface area contributed by atoms with Crippen molar-refractivity contribution in [3.63, 3.8) is 0 Å². The number of aliphatic hydroxyl groups excluding tert-OH is 3. The van der Waals surface area contributed by atoms with Gasteiger partial charge in [-0.3, -0.25) is 4.79 Å². The number of hydrogen-bond donors (Lipinski definition) is 3. The number of ether oxygens (including phenoxy) is 3. The molecular formula is C22H26O7. The molecule has 1 saturated heterocycles. The van der Waals surface area contributed by atoms with Crippen LogP contribution >= 0.6 is 0 Å². The molecule has 3 N–H and O–H groups in total. The molecule has 0 amide bonds. The van der Waals surface area contributed by atoms with Crippen LogP contribution in [0.5, 0.6) is 5.75 Å². The van der Waals surface area contributed by atoms with Gasteiger partial charge in [-0.2, -0.15) is 0 Å². The predicted molar refractivity (Wildman–Crippen MR) is 104 cm³/mol. The van der Waals surface area contributed by atoms with E-state index in [4.69, 9.17) is 14.2 Å². The van der Waals surface area contributed by atoms with E-state index in [9.17, 15) is 20.1 Å². The van der Waals surface area contributed by atoms with E-state index in [1.165, 1.54) is 12.5 Å². The Hall–Kier alpha value is -2.45. The van der Waals surface area contributed by atoms with Crippen molar-refractivity contribution >= 4 is 5.97 Å². The molecule has 156 valence electrons. The Labute approximate surface area is 169 Å². The van der Waals surface area contributed by atoms with Crippen LogP contribution in [0.4, 0.5) is 0 Å². The van der Waals surface area contributed by atoms with Crippen LogP contribution < -0.4 is 4.74 Å². The lowest BCUT2D eigenvalue weighted by Crippen LogP contribution is -2.60. The van der Waals surface area contributed by atoms with E-state index in [0.29, 0.717) is 12.2 Å². The zero-order valence-corrected chi connectivity index (χ0v) is 16.4. The van der Waals surface area contributed by atoms with E-state index in [2.05, 4.69) is 0 Å². The fraction of sp³-hybridized carbons (Fsp3) is 0.409. The van der Waals surface area contributed by atoms with Crippen molar-refractivity contribution in [1.82, 2.24) is 0 Å². The molecule has 0 unspecified atom stereocenters. The predicted octanol–water partition coefficient (Wildman–Crippen LogP) is 1.34. The highest BCUT2D eigenvalue weighted by Gasteiger charge is 2.45. The Morgan fingerprint density at radius 3 is 2.38 bits per heavy atom. The van der Waals surface area contributed by atoms with Gasteiger partial charge in [-0.15, -0.1) is 0 Å². The average Bonchev–Trinajstić information content (AvgIpc) is 2.70. The number of esters is 1. The molecule has 2 aromatic rings. The minimum absolute atomic E-state index is 0.259. The minimum atomic E-state index is -1.50.